The zero-order chi connectivity index (χ0) is 18.0. The number of hydrogen-bond acceptors (Lipinski definition) is 3. The van der Waals surface area contributed by atoms with Crippen LogP contribution in [0.2, 0.25) is 0 Å². The Kier molecular flexibility index (Phi) is 4.98. The normalized spacial score (nSPS) is 19.5. The maximum absolute atomic E-state index is 10.0. The molecule has 4 nitrogen and oxygen atoms in total. The summed E-state index contributed by atoms with van der Waals surface area (Å²) in [5.74, 6) is -0.925. The zero-order valence-electron chi connectivity index (χ0n) is 15.3. The van der Waals surface area contributed by atoms with Crippen molar-refractivity contribution in [2.24, 2.45) is 5.41 Å². The summed E-state index contributed by atoms with van der Waals surface area (Å²) >= 11 is 0. The number of nitrogens with zero attached hydrogens (tertiary/aromatic N) is 1. The predicted molar refractivity (Wildman–Crippen MR) is 98.0 cm³/mol. The van der Waals surface area contributed by atoms with Crippen LogP contribution in [0.4, 0.5) is 0 Å². The predicted octanol–water partition coefficient (Wildman–Crippen LogP) is 2.62. The van der Waals surface area contributed by atoms with Crippen molar-refractivity contribution in [3.63, 3.8) is 0 Å². The van der Waals surface area contributed by atoms with E-state index in [0.29, 0.717) is 13.2 Å². The highest BCUT2D eigenvalue weighted by Crippen LogP contribution is 2.42. The van der Waals surface area contributed by atoms with Gasteiger partial charge in [0.2, 0.25) is 5.79 Å². The quantitative estimate of drug-likeness (QED) is 0.849. The largest absolute Gasteiger partial charge is 0.395 e. The highest BCUT2D eigenvalue weighted by atomic mass is 16.7. The Bertz CT molecular complexity index is 630. The van der Waals surface area contributed by atoms with Gasteiger partial charge in [-0.05, 0) is 0 Å². The molecule has 0 atom stereocenters. The lowest BCUT2D eigenvalue weighted by Gasteiger charge is -2.47. The van der Waals surface area contributed by atoms with E-state index in [0.717, 1.165) is 22.2 Å². The third kappa shape index (κ3) is 3.77. The minimum absolute atomic E-state index is 0.0438. The molecule has 2 aromatic rings. The molecule has 3 rings (SSSR count). The highest BCUT2D eigenvalue weighted by molar-refractivity contribution is 5.34. The van der Waals surface area contributed by atoms with Gasteiger partial charge in [-0.2, -0.15) is 0 Å². The molecule has 0 aliphatic carbocycles. The fraction of sp³-hybridized carbons (Fsp3) is 0.429. The lowest BCUT2D eigenvalue weighted by atomic mass is 9.86. The Balaban J connectivity index is 1.95. The first-order chi connectivity index (χ1) is 11.9. The number of quaternary nitrogens is 1. The molecule has 4 heteroatoms. The fourth-order valence-electron chi connectivity index (χ4n) is 3.65. The summed E-state index contributed by atoms with van der Waals surface area (Å²) in [4.78, 5) is 0. The van der Waals surface area contributed by atoms with E-state index in [-0.39, 0.29) is 6.61 Å². The molecule has 0 unspecified atom stereocenters. The monoisotopic (exact) mass is 342 g/mol. The fourth-order valence-corrected chi connectivity index (χ4v) is 3.65. The third-order valence-electron chi connectivity index (χ3n) is 4.62. The van der Waals surface area contributed by atoms with E-state index < -0.39 is 11.2 Å². The summed E-state index contributed by atoms with van der Waals surface area (Å²) < 4.78 is 13.5. The Hall–Kier alpha value is -1.72. The van der Waals surface area contributed by atoms with E-state index in [4.69, 9.17) is 9.47 Å². The molecule has 0 saturated carbocycles. The molecule has 0 spiro atoms. The molecule has 25 heavy (non-hydrogen) atoms. The Morgan fingerprint density at radius 1 is 0.840 bits per heavy atom. The van der Waals surface area contributed by atoms with Crippen molar-refractivity contribution < 1.29 is 19.1 Å². The molecule has 0 aromatic heterocycles. The van der Waals surface area contributed by atoms with Crippen molar-refractivity contribution in [2.75, 3.05) is 47.5 Å². The van der Waals surface area contributed by atoms with E-state index in [1.54, 1.807) is 0 Å². The van der Waals surface area contributed by atoms with Gasteiger partial charge in [0.1, 0.15) is 0 Å². The summed E-state index contributed by atoms with van der Waals surface area (Å²) in [6, 6.07) is 20.0. The van der Waals surface area contributed by atoms with Gasteiger partial charge in [-0.1, -0.05) is 60.7 Å². The molecule has 0 amide bonds. The van der Waals surface area contributed by atoms with Crippen LogP contribution in [0.1, 0.15) is 11.1 Å². The van der Waals surface area contributed by atoms with Gasteiger partial charge < -0.3 is 19.1 Å². The van der Waals surface area contributed by atoms with Gasteiger partial charge in [0, 0.05) is 11.1 Å². The van der Waals surface area contributed by atoms with Crippen molar-refractivity contribution in [3.05, 3.63) is 71.8 Å². The smallest absolute Gasteiger partial charge is 0.222 e. The van der Waals surface area contributed by atoms with Crippen LogP contribution in [0.3, 0.4) is 0 Å². The summed E-state index contributed by atoms with van der Waals surface area (Å²) in [7, 11) is 6.36. The van der Waals surface area contributed by atoms with Gasteiger partial charge in [0.05, 0.1) is 52.9 Å². The minimum Gasteiger partial charge on any atom is -0.395 e. The first-order valence-electron chi connectivity index (χ1n) is 8.70. The summed E-state index contributed by atoms with van der Waals surface area (Å²) in [6.07, 6.45) is 0. The average Bonchev–Trinajstić information content (AvgIpc) is 2.63. The molecule has 1 fully saturated rings. The third-order valence-corrected chi connectivity index (χ3v) is 4.62. The SMILES string of the molecule is C[N+](C)(C)CC1(CO)COC(c2ccccc2)(c2ccccc2)OC1. The van der Waals surface area contributed by atoms with Crippen molar-refractivity contribution in [2.45, 2.75) is 5.79 Å². The molecule has 0 radical (unpaired) electrons. The molecule has 134 valence electrons. The maximum atomic E-state index is 10.0. The standard InChI is InChI=1S/C21H28NO3/c1-22(2,3)14-20(15-23)16-24-21(25-17-20,18-10-6-4-7-11-18)19-12-8-5-9-13-19/h4-13,23H,14-17H2,1-3H3/q+1. The lowest BCUT2D eigenvalue weighted by molar-refractivity contribution is -0.878. The van der Waals surface area contributed by atoms with E-state index >= 15 is 0 Å². The highest BCUT2D eigenvalue weighted by Gasteiger charge is 2.49. The second-order valence-electron chi connectivity index (χ2n) is 8.03. The molecule has 1 saturated heterocycles. The second kappa shape index (κ2) is 6.89. The van der Waals surface area contributed by atoms with Crippen LogP contribution in [-0.4, -0.2) is 57.1 Å². The van der Waals surface area contributed by atoms with Crippen molar-refractivity contribution in [3.8, 4) is 0 Å². The second-order valence-corrected chi connectivity index (χ2v) is 8.03. The first-order valence-corrected chi connectivity index (χ1v) is 8.70. The van der Waals surface area contributed by atoms with E-state index in [1.807, 2.05) is 60.7 Å². The van der Waals surface area contributed by atoms with Crippen LogP contribution in [0.5, 0.6) is 0 Å². The van der Waals surface area contributed by atoms with Crippen LogP contribution in [0, 0.1) is 5.41 Å². The van der Waals surface area contributed by atoms with Crippen LogP contribution in [0.15, 0.2) is 60.7 Å². The van der Waals surface area contributed by atoms with Crippen LogP contribution in [0.25, 0.3) is 0 Å². The topological polar surface area (TPSA) is 38.7 Å². The van der Waals surface area contributed by atoms with Crippen molar-refractivity contribution in [1.29, 1.82) is 0 Å². The molecule has 0 bridgehead atoms. The Labute approximate surface area is 150 Å². The number of rotatable bonds is 5. The summed E-state index contributed by atoms with van der Waals surface area (Å²) in [5.41, 5.74) is 1.54. The molecule has 1 aliphatic rings. The summed E-state index contributed by atoms with van der Waals surface area (Å²) in [6.45, 7) is 1.72. The van der Waals surface area contributed by atoms with E-state index in [9.17, 15) is 5.11 Å². The Morgan fingerprint density at radius 2 is 1.28 bits per heavy atom. The Morgan fingerprint density at radius 3 is 1.64 bits per heavy atom. The number of benzene rings is 2. The minimum atomic E-state index is -0.925. The van der Waals surface area contributed by atoms with Gasteiger partial charge >= 0.3 is 0 Å². The molecular weight excluding hydrogens is 314 g/mol. The van der Waals surface area contributed by atoms with E-state index in [1.165, 1.54) is 0 Å². The zero-order valence-corrected chi connectivity index (χ0v) is 15.3. The van der Waals surface area contributed by atoms with Crippen LogP contribution in [-0.2, 0) is 15.3 Å². The molecular formula is C21H28NO3+. The van der Waals surface area contributed by atoms with Crippen molar-refractivity contribution in [1.82, 2.24) is 0 Å². The van der Waals surface area contributed by atoms with Crippen molar-refractivity contribution >= 4 is 0 Å². The number of ether oxygens (including phenoxy) is 2. The van der Waals surface area contributed by atoms with Gasteiger partial charge in [0.25, 0.3) is 0 Å². The molecule has 1 aliphatic heterocycles. The van der Waals surface area contributed by atoms with Crippen LogP contribution >= 0.6 is 0 Å². The van der Waals surface area contributed by atoms with Gasteiger partial charge in [-0.3, -0.25) is 0 Å². The maximum Gasteiger partial charge on any atom is 0.222 e. The van der Waals surface area contributed by atoms with Crippen LogP contribution < -0.4 is 0 Å². The van der Waals surface area contributed by atoms with Gasteiger partial charge in [-0.25, -0.2) is 0 Å². The van der Waals surface area contributed by atoms with Gasteiger partial charge in [0.15, 0.2) is 0 Å². The average molecular weight is 342 g/mol. The summed E-state index contributed by atoms with van der Waals surface area (Å²) in [5, 5.41) is 10.0. The lowest BCUT2D eigenvalue weighted by Crippen LogP contribution is -2.57. The molecule has 1 N–H and O–H groups in total. The molecule has 1 heterocycles. The number of hydrogen-bond donors (Lipinski definition) is 1. The number of aliphatic hydroxyl groups excluding tert-OH is 1. The van der Waals surface area contributed by atoms with Gasteiger partial charge in [-0.15, -0.1) is 0 Å². The molecule has 2 aromatic carbocycles. The first kappa shape index (κ1) is 18.1. The van der Waals surface area contributed by atoms with E-state index in [2.05, 4.69) is 21.1 Å². The number of aliphatic hydroxyl groups is 1.